The van der Waals surface area contributed by atoms with Crippen LogP contribution in [0.15, 0.2) is 29.0 Å². The van der Waals surface area contributed by atoms with Gasteiger partial charge in [0, 0.05) is 16.9 Å². The average Bonchev–Trinajstić information content (AvgIpc) is 3.08. The first-order chi connectivity index (χ1) is 10.5. The normalized spacial score (nSPS) is 9.17. The van der Waals surface area contributed by atoms with E-state index in [1.54, 1.807) is 38.4 Å². The second-order valence-electron chi connectivity index (χ2n) is 3.95. The summed E-state index contributed by atoms with van der Waals surface area (Å²) in [5.74, 6) is -0.737. The number of nitrogens with one attached hydrogen (secondary N) is 2. The van der Waals surface area contributed by atoms with Crippen molar-refractivity contribution < 1.29 is 19.1 Å². The summed E-state index contributed by atoms with van der Waals surface area (Å²) in [4.78, 5) is 27.5. The van der Waals surface area contributed by atoms with Crippen LogP contribution in [0.3, 0.4) is 0 Å². The van der Waals surface area contributed by atoms with Crippen molar-refractivity contribution >= 4 is 46.0 Å². The number of nitrogens with two attached hydrogens (primary N) is 1. The second kappa shape index (κ2) is 10.7. The maximum absolute atomic E-state index is 11.0. The zero-order chi connectivity index (χ0) is 16.5. The number of carbonyl (C=O) groups is 2. The van der Waals surface area contributed by atoms with Crippen molar-refractivity contribution in [3.05, 3.63) is 40.4 Å². The van der Waals surface area contributed by atoms with Crippen molar-refractivity contribution in [2.75, 3.05) is 18.9 Å². The smallest absolute Gasteiger partial charge is 0.356 e. The minimum atomic E-state index is -0.407. The van der Waals surface area contributed by atoms with E-state index in [2.05, 4.69) is 25.9 Å². The van der Waals surface area contributed by atoms with E-state index in [9.17, 15) is 9.59 Å². The minimum Gasteiger partial charge on any atom is -0.461 e. The Morgan fingerprint density at radius 2 is 1.52 bits per heavy atom. The average molecular weight is 409 g/mol. The van der Waals surface area contributed by atoms with Crippen LogP contribution in [-0.2, 0) is 9.47 Å². The molecule has 0 aliphatic carbocycles. The van der Waals surface area contributed by atoms with Crippen LogP contribution in [0.2, 0.25) is 0 Å². The van der Waals surface area contributed by atoms with Gasteiger partial charge in [0.2, 0.25) is 0 Å². The van der Waals surface area contributed by atoms with Gasteiger partial charge >= 0.3 is 11.9 Å². The summed E-state index contributed by atoms with van der Waals surface area (Å²) >= 11 is 3.20. The second-order valence-corrected chi connectivity index (χ2v) is 4.80. The van der Waals surface area contributed by atoms with Gasteiger partial charge in [-0.3, -0.25) is 0 Å². The Kier molecular flexibility index (Phi) is 9.84. The Morgan fingerprint density at radius 1 is 1.04 bits per heavy atom. The molecule has 2 aromatic heterocycles. The Morgan fingerprint density at radius 3 is 1.91 bits per heavy atom. The lowest BCUT2D eigenvalue weighted by molar-refractivity contribution is 0.0511. The van der Waals surface area contributed by atoms with E-state index in [1.165, 1.54) is 0 Å². The van der Waals surface area contributed by atoms with E-state index in [0.717, 1.165) is 4.47 Å². The van der Waals surface area contributed by atoms with Crippen molar-refractivity contribution in [1.29, 1.82) is 0 Å². The molecule has 2 rings (SSSR count). The Bertz CT molecular complexity index is 573. The van der Waals surface area contributed by atoms with Gasteiger partial charge in [-0.1, -0.05) is 0 Å². The zero-order valence-corrected chi connectivity index (χ0v) is 15.1. The number of H-pyrrole nitrogens is 2. The fourth-order valence-corrected chi connectivity index (χ4v) is 1.88. The van der Waals surface area contributed by atoms with Gasteiger partial charge in [-0.15, -0.1) is 12.4 Å². The maximum atomic E-state index is 11.0. The number of ether oxygens (including phenoxy) is 2. The third-order valence-corrected chi connectivity index (χ3v) is 3.10. The van der Waals surface area contributed by atoms with E-state index in [0.29, 0.717) is 30.3 Å². The highest BCUT2D eigenvalue weighted by Gasteiger charge is 2.11. The Labute approximate surface area is 148 Å². The molecule has 23 heavy (non-hydrogen) atoms. The third kappa shape index (κ3) is 6.37. The summed E-state index contributed by atoms with van der Waals surface area (Å²) in [5.41, 5.74) is 6.65. The summed E-state index contributed by atoms with van der Waals surface area (Å²) in [5, 5.41) is 0. The number of esters is 2. The molecule has 0 spiro atoms. The summed E-state index contributed by atoms with van der Waals surface area (Å²) < 4.78 is 10.2. The molecule has 2 heterocycles. The van der Waals surface area contributed by atoms with Gasteiger partial charge in [0.25, 0.3) is 0 Å². The molecule has 0 saturated carbocycles. The van der Waals surface area contributed by atoms with Crippen molar-refractivity contribution in [2.24, 2.45) is 0 Å². The van der Waals surface area contributed by atoms with E-state index in [1.807, 2.05) is 0 Å². The first-order valence-electron chi connectivity index (χ1n) is 6.61. The predicted molar refractivity (Wildman–Crippen MR) is 92.9 cm³/mol. The molecule has 7 nitrogen and oxygen atoms in total. The number of hydrogen-bond donors (Lipinski definition) is 3. The highest BCUT2D eigenvalue weighted by Crippen LogP contribution is 2.15. The summed E-state index contributed by atoms with van der Waals surface area (Å²) in [6.07, 6.45) is 3.28. The fraction of sp³-hybridized carbons (Fsp3) is 0.286. The molecule has 0 radical (unpaired) electrons. The first-order valence-corrected chi connectivity index (χ1v) is 7.40. The number of carbonyl (C=O) groups excluding carboxylic acids is 2. The molecule has 128 valence electrons. The zero-order valence-electron chi connectivity index (χ0n) is 12.7. The highest BCUT2D eigenvalue weighted by atomic mass is 79.9. The molecule has 2 aromatic rings. The fourth-order valence-electron chi connectivity index (χ4n) is 1.47. The topological polar surface area (TPSA) is 110 Å². The molecule has 0 aromatic carbocycles. The van der Waals surface area contributed by atoms with Crippen LogP contribution in [0, 0.1) is 0 Å². The van der Waals surface area contributed by atoms with Crippen LogP contribution in [0.5, 0.6) is 0 Å². The molecular formula is C14H19BrClN3O4. The van der Waals surface area contributed by atoms with E-state index < -0.39 is 5.97 Å². The first kappa shape index (κ1) is 21.1. The summed E-state index contributed by atoms with van der Waals surface area (Å²) in [7, 11) is 0. The van der Waals surface area contributed by atoms with Crippen LogP contribution < -0.4 is 5.73 Å². The largest absolute Gasteiger partial charge is 0.461 e. The molecule has 9 heteroatoms. The van der Waals surface area contributed by atoms with Gasteiger partial charge in [0.05, 0.1) is 18.9 Å². The van der Waals surface area contributed by atoms with Crippen LogP contribution in [0.4, 0.5) is 5.69 Å². The molecule has 0 amide bonds. The quantitative estimate of drug-likeness (QED) is 0.673. The number of halogens is 2. The lowest BCUT2D eigenvalue weighted by Crippen LogP contribution is -2.07. The third-order valence-electron chi connectivity index (χ3n) is 2.43. The van der Waals surface area contributed by atoms with Crippen molar-refractivity contribution in [3.63, 3.8) is 0 Å². The highest BCUT2D eigenvalue weighted by molar-refractivity contribution is 9.10. The molecule has 4 N–H and O–H groups in total. The van der Waals surface area contributed by atoms with Crippen LogP contribution in [0.1, 0.15) is 34.8 Å². The Hall–Kier alpha value is -1.93. The van der Waals surface area contributed by atoms with Gasteiger partial charge in [0.15, 0.2) is 0 Å². The van der Waals surface area contributed by atoms with Crippen molar-refractivity contribution in [2.45, 2.75) is 13.8 Å². The molecule has 0 saturated heterocycles. The van der Waals surface area contributed by atoms with Gasteiger partial charge in [0.1, 0.15) is 11.4 Å². The molecule has 0 atom stereocenters. The van der Waals surface area contributed by atoms with Crippen LogP contribution in [0.25, 0.3) is 0 Å². The Balaban J connectivity index is 0.000000403. The van der Waals surface area contributed by atoms with Gasteiger partial charge < -0.3 is 25.2 Å². The van der Waals surface area contributed by atoms with Crippen LogP contribution >= 0.6 is 28.3 Å². The maximum Gasteiger partial charge on any atom is 0.356 e. The van der Waals surface area contributed by atoms with Gasteiger partial charge in [-0.05, 0) is 41.9 Å². The SMILES string of the molecule is CCOC(=O)c1[nH]ccc1Br.CCOC(=O)c1[nH]ccc1N.Cl. The van der Waals surface area contributed by atoms with E-state index in [-0.39, 0.29) is 18.4 Å². The standard InChI is InChI=1S/C7H8BrNO2.C7H10N2O2.ClH/c2*1-2-11-7(10)6-5(8)3-4-9-6;/h3-4,9H,2H2,1H3;3-4,9H,2,8H2,1H3;1H. The number of anilines is 1. The van der Waals surface area contributed by atoms with Crippen molar-refractivity contribution in [3.8, 4) is 0 Å². The summed E-state index contributed by atoms with van der Waals surface area (Å²) in [6.45, 7) is 4.27. The van der Waals surface area contributed by atoms with Crippen molar-refractivity contribution in [1.82, 2.24) is 9.97 Å². The lowest BCUT2D eigenvalue weighted by Gasteiger charge is -1.98. The van der Waals surface area contributed by atoms with Gasteiger partial charge in [-0.25, -0.2) is 9.59 Å². The minimum absolute atomic E-state index is 0. The molecule has 0 bridgehead atoms. The van der Waals surface area contributed by atoms with Gasteiger partial charge in [-0.2, -0.15) is 0 Å². The number of hydrogen-bond acceptors (Lipinski definition) is 5. The predicted octanol–water partition coefficient (Wildman–Crippen LogP) is 3.15. The molecule has 0 aliphatic heterocycles. The molecule has 0 fully saturated rings. The molecule has 0 unspecified atom stereocenters. The lowest BCUT2D eigenvalue weighted by atomic mass is 10.4. The number of nitrogen functional groups attached to an aromatic ring is 1. The molecular weight excluding hydrogens is 390 g/mol. The summed E-state index contributed by atoms with van der Waals surface area (Å²) in [6, 6.07) is 3.37. The number of aromatic nitrogens is 2. The van der Waals surface area contributed by atoms with E-state index in [4.69, 9.17) is 15.2 Å². The number of aromatic amines is 2. The monoisotopic (exact) mass is 407 g/mol. The number of rotatable bonds is 4. The van der Waals surface area contributed by atoms with E-state index >= 15 is 0 Å². The van der Waals surface area contributed by atoms with Crippen LogP contribution in [-0.4, -0.2) is 35.1 Å². The molecule has 0 aliphatic rings.